The maximum atomic E-state index is 3.73. The fraction of sp³-hybridized carbons (Fsp3) is 0.765. The van der Waals surface area contributed by atoms with E-state index < -0.39 is 0 Å². The summed E-state index contributed by atoms with van der Waals surface area (Å²) in [6.07, 6.45) is 9.71. The van der Waals surface area contributed by atoms with E-state index in [4.69, 9.17) is 0 Å². The minimum absolute atomic E-state index is 0.542. The summed E-state index contributed by atoms with van der Waals surface area (Å²) in [5.41, 5.74) is 0. The van der Waals surface area contributed by atoms with Crippen LogP contribution in [0.1, 0.15) is 76.6 Å². The maximum absolute atomic E-state index is 3.73. The van der Waals surface area contributed by atoms with Crippen molar-refractivity contribution >= 4 is 11.3 Å². The van der Waals surface area contributed by atoms with Crippen molar-refractivity contribution in [1.82, 2.24) is 5.32 Å². The molecule has 0 aliphatic rings. The Kier molecular flexibility index (Phi) is 9.19. The van der Waals surface area contributed by atoms with E-state index in [0.29, 0.717) is 12.0 Å². The summed E-state index contributed by atoms with van der Waals surface area (Å²) in [6.45, 7) is 8.05. The average molecular weight is 282 g/mol. The van der Waals surface area contributed by atoms with E-state index in [9.17, 15) is 0 Å². The molecule has 1 aromatic heterocycles. The molecule has 0 spiro atoms. The Morgan fingerprint density at radius 3 is 2.32 bits per heavy atom. The van der Waals surface area contributed by atoms with Crippen molar-refractivity contribution in [2.24, 2.45) is 5.92 Å². The summed E-state index contributed by atoms with van der Waals surface area (Å²) in [6, 6.07) is 4.96. The van der Waals surface area contributed by atoms with Gasteiger partial charge in [0.25, 0.3) is 0 Å². The van der Waals surface area contributed by atoms with Gasteiger partial charge >= 0.3 is 0 Å². The Hall–Kier alpha value is -0.340. The van der Waals surface area contributed by atoms with Gasteiger partial charge in [-0.2, -0.15) is 0 Å². The molecule has 1 nitrogen and oxygen atoms in total. The minimum atomic E-state index is 0.542. The summed E-state index contributed by atoms with van der Waals surface area (Å²) < 4.78 is 0. The average Bonchev–Trinajstić information content (AvgIpc) is 2.90. The fourth-order valence-electron chi connectivity index (χ4n) is 2.47. The van der Waals surface area contributed by atoms with Gasteiger partial charge in [0, 0.05) is 10.9 Å². The number of thiophene rings is 1. The lowest BCUT2D eigenvalue weighted by molar-refractivity contribution is 0.410. The molecule has 1 unspecified atom stereocenters. The number of unbranched alkanes of at least 4 members (excludes halogenated alkanes) is 6. The number of nitrogens with one attached hydrogen (secondary N) is 1. The van der Waals surface area contributed by atoms with Crippen LogP contribution in [0.25, 0.3) is 0 Å². The normalized spacial score (nSPS) is 13.1. The van der Waals surface area contributed by atoms with Crippen molar-refractivity contribution in [3.05, 3.63) is 22.4 Å². The lowest BCUT2D eigenvalue weighted by atomic mass is 10.0. The SMILES string of the molecule is CCCCCCCCCNC(c1cccs1)C(C)C. The van der Waals surface area contributed by atoms with Gasteiger partial charge in [-0.15, -0.1) is 11.3 Å². The highest BCUT2D eigenvalue weighted by Crippen LogP contribution is 2.25. The highest BCUT2D eigenvalue weighted by molar-refractivity contribution is 7.10. The third kappa shape index (κ3) is 7.12. The fourth-order valence-corrected chi connectivity index (χ4v) is 3.45. The van der Waals surface area contributed by atoms with E-state index in [0.717, 1.165) is 6.54 Å². The van der Waals surface area contributed by atoms with Crippen LogP contribution in [0.15, 0.2) is 17.5 Å². The van der Waals surface area contributed by atoms with Gasteiger partial charge in [-0.3, -0.25) is 0 Å². The standard InChI is InChI=1S/C17H31NS/c1-4-5-6-7-8-9-10-13-18-17(15(2)3)16-12-11-14-19-16/h11-12,14-15,17-18H,4-10,13H2,1-3H3. The molecule has 1 N–H and O–H groups in total. The second-order valence-corrected chi connectivity index (χ2v) is 6.79. The summed E-state index contributed by atoms with van der Waals surface area (Å²) in [4.78, 5) is 1.48. The van der Waals surface area contributed by atoms with Gasteiger partial charge in [0.1, 0.15) is 0 Å². The van der Waals surface area contributed by atoms with Crippen LogP contribution in [-0.4, -0.2) is 6.54 Å². The van der Waals surface area contributed by atoms with E-state index in [1.165, 1.54) is 49.8 Å². The van der Waals surface area contributed by atoms with Crippen molar-refractivity contribution in [1.29, 1.82) is 0 Å². The summed E-state index contributed by atoms with van der Waals surface area (Å²) >= 11 is 1.87. The van der Waals surface area contributed by atoms with Crippen molar-refractivity contribution in [3.63, 3.8) is 0 Å². The van der Waals surface area contributed by atoms with E-state index in [1.807, 2.05) is 11.3 Å². The van der Waals surface area contributed by atoms with Gasteiger partial charge in [0.05, 0.1) is 0 Å². The highest BCUT2D eigenvalue weighted by Gasteiger charge is 2.15. The van der Waals surface area contributed by atoms with Crippen LogP contribution in [0.5, 0.6) is 0 Å². The molecule has 1 heterocycles. The van der Waals surface area contributed by atoms with Crippen LogP contribution in [0.4, 0.5) is 0 Å². The zero-order chi connectivity index (χ0) is 13.9. The molecule has 0 saturated carbocycles. The number of hydrogen-bond donors (Lipinski definition) is 1. The molecular weight excluding hydrogens is 250 g/mol. The zero-order valence-electron chi connectivity index (χ0n) is 13.0. The Balaban J connectivity index is 2.09. The summed E-state index contributed by atoms with van der Waals surface area (Å²) in [7, 11) is 0. The molecule has 19 heavy (non-hydrogen) atoms. The predicted molar refractivity (Wildman–Crippen MR) is 87.9 cm³/mol. The van der Waals surface area contributed by atoms with E-state index in [-0.39, 0.29) is 0 Å². The Labute approximate surface area is 123 Å². The van der Waals surface area contributed by atoms with Crippen LogP contribution in [0.3, 0.4) is 0 Å². The Bertz CT molecular complexity index is 292. The van der Waals surface area contributed by atoms with Crippen LogP contribution < -0.4 is 5.32 Å². The third-order valence-electron chi connectivity index (χ3n) is 3.66. The van der Waals surface area contributed by atoms with Gasteiger partial charge < -0.3 is 5.32 Å². The second kappa shape index (κ2) is 10.4. The molecule has 1 aromatic rings. The predicted octanol–water partition coefficient (Wildman–Crippen LogP) is 5.79. The maximum Gasteiger partial charge on any atom is 0.0438 e. The quantitative estimate of drug-likeness (QED) is 0.506. The monoisotopic (exact) mass is 281 g/mol. The van der Waals surface area contributed by atoms with Gasteiger partial charge in [-0.25, -0.2) is 0 Å². The van der Waals surface area contributed by atoms with Crippen molar-refractivity contribution in [2.75, 3.05) is 6.54 Å². The minimum Gasteiger partial charge on any atom is -0.309 e. The van der Waals surface area contributed by atoms with E-state index in [1.54, 1.807) is 0 Å². The van der Waals surface area contributed by atoms with Crippen molar-refractivity contribution in [3.8, 4) is 0 Å². The first kappa shape index (κ1) is 16.7. The third-order valence-corrected chi connectivity index (χ3v) is 4.62. The first-order chi connectivity index (χ1) is 9.25. The first-order valence-corrected chi connectivity index (χ1v) is 8.90. The molecule has 0 aromatic carbocycles. The van der Waals surface area contributed by atoms with E-state index in [2.05, 4.69) is 43.6 Å². The molecule has 0 fully saturated rings. The van der Waals surface area contributed by atoms with Gasteiger partial charge in [0.15, 0.2) is 0 Å². The molecule has 1 atom stereocenters. The highest BCUT2D eigenvalue weighted by atomic mass is 32.1. The molecule has 0 aliphatic heterocycles. The largest absolute Gasteiger partial charge is 0.309 e. The number of hydrogen-bond acceptors (Lipinski definition) is 2. The van der Waals surface area contributed by atoms with Crippen LogP contribution >= 0.6 is 11.3 Å². The molecule has 0 aliphatic carbocycles. The lowest BCUT2D eigenvalue weighted by Gasteiger charge is -2.21. The van der Waals surface area contributed by atoms with Gasteiger partial charge in [-0.1, -0.05) is 65.4 Å². The first-order valence-electron chi connectivity index (χ1n) is 8.02. The molecule has 1 rings (SSSR count). The molecule has 0 saturated heterocycles. The van der Waals surface area contributed by atoms with E-state index >= 15 is 0 Å². The van der Waals surface area contributed by atoms with Gasteiger partial charge in [-0.05, 0) is 30.3 Å². The smallest absolute Gasteiger partial charge is 0.0438 e. The second-order valence-electron chi connectivity index (χ2n) is 5.81. The molecule has 0 bridgehead atoms. The van der Waals surface area contributed by atoms with Crippen molar-refractivity contribution < 1.29 is 0 Å². The van der Waals surface area contributed by atoms with Crippen molar-refractivity contribution in [2.45, 2.75) is 71.8 Å². The van der Waals surface area contributed by atoms with Crippen LogP contribution in [0, 0.1) is 5.92 Å². The topological polar surface area (TPSA) is 12.0 Å². The lowest BCUT2D eigenvalue weighted by Crippen LogP contribution is -2.25. The molecule has 0 amide bonds. The van der Waals surface area contributed by atoms with Crippen LogP contribution in [-0.2, 0) is 0 Å². The molecule has 2 heteroatoms. The molecule has 0 radical (unpaired) electrons. The zero-order valence-corrected chi connectivity index (χ0v) is 13.8. The molecule has 110 valence electrons. The summed E-state index contributed by atoms with van der Waals surface area (Å²) in [5, 5.41) is 5.91. The summed E-state index contributed by atoms with van der Waals surface area (Å²) in [5.74, 6) is 0.670. The Morgan fingerprint density at radius 2 is 1.74 bits per heavy atom. The van der Waals surface area contributed by atoms with Gasteiger partial charge in [0.2, 0.25) is 0 Å². The van der Waals surface area contributed by atoms with Crippen LogP contribution in [0.2, 0.25) is 0 Å². The number of rotatable bonds is 11. The molecular formula is C17H31NS. The Morgan fingerprint density at radius 1 is 1.05 bits per heavy atom.